The Morgan fingerprint density at radius 3 is 1.85 bits per heavy atom. The van der Waals surface area contributed by atoms with E-state index in [2.05, 4.69) is 23.8 Å². The summed E-state index contributed by atoms with van der Waals surface area (Å²) in [6, 6.07) is 3.19. The zero-order valence-electron chi connectivity index (χ0n) is 21.4. The van der Waals surface area contributed by atoms with E-state index >= 15 is 0 Å². The number of aromatic nitrogens is 2. The number of unbranched alkanes of at least 4 members (excludes halogenated alkanes) is 13. The minimum Gasteiger partial charge on any atom is -0.236 e. The van der Waals surface area contributed by atoms with Gasteiger partial charge in [0.2, 0.25) is 0 Å². The number of halogens is 2. The van der Waals surface area contributed by atoms with Crippen LogP contribution in [0.4, 0.5) is 8.78 Å². The van der Waals surface area contributed by atoms with Gasteiger partial charge in [0.1, 0.15) is 0 Å². The van der Waals surface area contributed by atoms with Crippen LogP contribution in [0, 0.1) is 11.6 Å². The zero-order chi connectivity index (χ0) is 24.4. The van der Waals surface area contributed by atoms with E-state index < -0.39 is 11.6 Å². The van der Waals surface area contributed by atoms with Gasteiger partial charge in [-0.25, -0.2) is 18.7 Å². The molecule has 0 saturated carbocycles. The molecule has 0 aliphatic carbocycles. The molecule has 0 saturated heterocycles. The van der Waals surface area contributed by atoms with E-state index in [1.807, 2.05) is 6.08 Å². The second-order valence-electron chi connectivity index (χ2n) is 9.43. The van der Waals surface area contributed by atoms with Crippen LogP contribution in [0.15, 0.2) is 30.6 Å². The highest BCUT2D eigenvalue weighted by Crippen LogP contribution is 2.25. The van der Waals surface area contributed by atoms with Crippen molar-refractivity contribution >= 4 is 6.08 Å². The minimum atomic E-state index is -0.877. The standard InChI is InChI=1S/C30H44F2N2/c1-3-5-7-9-11-13-15-17-19-25-23-33-30(34-24-25)27-22-21-26(28(31)29(27)32)20-18-16-14-12-10-8-6-4-2/h18,20-24H,3-17,19H2,1-2H3. The summed E-state index contributed by atoms with van der Waals surface area (Å²) < 4.78 is 29.3. The maximum atomic E-state index is 14.7. The highest BCUT2D eigenvalue weighted by atomic mass is 19.2. The third kappa shape index (κ3) is 10.4. The molecule has 0 spiro atoms. The highest BCUT2D eigenvalue weighted by Gasteiger charge is 2.15. The van der Waals surface area contributed by atoms with Crippen molar-refractivity contribution in [3.63, 3.8) is 0 Å². The largest absolute Gasteiger partial charge is 0.236 e. The molecular weight excluding hydrogens is 426 g/mol. The van der Waals surface area contributed by atoms with Crippen LogP contribution in [-0.4, -0.2) is 9.97 Å². The number of hydrogen-bond acceptors (Lipinski definition) is 2. The number of aryl methyl sites for hydroxylation is 1. The Morgan fingerprint density at radius 2 is 1.24 bits per heavy atom. The summed E-state index contributed by atoms with van der Waals surface area (Å²) >= 11 is 0. The van der Waals surface area contributed by atoms with Crippen LogP contribution in [-0.2, 0) is 6.42 Å². The van der Waals surface area contributed by atoms with Gasteiger partial charge < -0.3 is 0 Å². The van der Waals surface area contributed by atoms with Crippen LogP contribution < -0.4 is 0 Å². The van der Waals surface area contributed by atoms with Gasteiger partial charge >= 0.3 is 0 Å². The van der Waals surface area contributed by atoms with Gasteiger partial charge in [-0.15, -0.1) is 0 Å². The van der Waals surface area contributed by atoms with E-state index in [4.69, 9.17) is 0 Å². The SMILES string of the molecule is CCCCCCCCC=Cc1ccc(-c2ncc(CCCCCCCCCC)cn2)c(F)c1F. The van der Waals surface area contributed by atoms with Gasteiger partial charge in [0, 0.05) is 18.0 Å². The molecule has 1 aromatic heterocycles. The molecule has 0 aliphatic rings. The van der Waals surface area contributed by atoms with E-state index in [9.17, 15) is 8.78 Å². The number of hydrogen-bond donors (Lipinski definition) is 0. The number of allylic oxidation sites excluding steroid dienone is 1. The van der Waals surface area contributed by atoms with Crippen LogP contribution >= 0.6 is 0 Å². The smallest absolute Gasteiger partial charge is 0.170 e. The number of rotatable bonds is 18. The Kier molecular flexibility index (Phi) is 14.4. The lowest BCUT2D eigenvalue weighted by Gasteiger charge is -2.07. The maximum Gasteiger partial charge on any atom is 0.170 e. The van der Waals surface area contributed by atoms with Crippen LogP contribution in [0.3, 0.4) is 0 Å². The zero-order valence-corrected chi connectivity index (χ0v) is 21.4. The second-order valence-corrected chi connectivity index (χ2v) is 9.43. The van der Waals surface area contributed by atoms with E-state index in [1.165, 1.54) is 77.0 Å². The molecule has 2 aromatic rings. The summed E-state index contributed by atoms with van der Waals surface area (Å²) in [5.74, 6) is -1.47. The van der Waals surface area contributed by atoms with Crippen LogP contribution in [0.25, 0.3) is 17.5 Å². The Morgan fingerprint density at radius 1 is 0.676 bits per heavy atom. The molecular formula is C30H44F2N2. The molecule has 0 atom stereocenters. The van der Waals surface area contributed by atoms with Crippen molar-refractivity contribution in [2.45, 2.75) is 117 Å². The van der Waals surface area contributed by atoms with Gasteiger partial charge in [-0.2, -0.15) is 0 Å². The number of benzene rings is 1. The van der Waals surface area contributed by atoms with Crippen molar-refractivity contribution in [2.75, 3.05) is 0 Å². The van der Waals surface area contributed by atoms with Crippen molar-refractivity contribution in [2.24, 2.45) is 0 Å². The van der Waals surface area contributed by atoms with Crippen LogP contribution in [0.2, 0.25) is 0 Å². The predicted octanol–water partition coefficient (Wildman–Crippen LogP) is 9.87. The fourth-order valence-electron chi connectivity index (χ4n) is 4.20. The van der Waals surface area contributed by atoms with Gasteiger partial charge in [-0.05, 0) is 37.3 Å². The fraction of sp³-hybridized carbons (Fsp3) is 0.600. The highest BCUT2D eigenvalue weighted by molar-refractivity contribution is 5.61. The summed E-state index contributed by atoms with van der Waals surface area (Å²) in [5, 5.41) is 0. The van der Waals surface area contributed by atoms with Gasteiger partial charge in [0.05, 0.1) is 5.56 Å². The average molecular weight is 471 g/mol. The monoisotopic (exact) mass is 470 g/mol. The summed E-state index contributed by atoms with van der Waals surface area (Å²) in [6.45, 7) is 4.45. The molecule has 0 fully saturated rings. The van der Waals surface area contributed by atoms with Crippen molar-refractivity contribution in [3.8, 4) is 11.4 Å². The molecule has 34 heavy (non-hydrogen) atoms. The Hall–Kier alpha value is -2.10. The molecule has 0 radical (unpaired) electrons. The van der Waals surface area contributed by atoms with Gasteiger partial charge in [-0.3, -0.25) is 0 Å². The molecule has 188 valence electrons. The molecule has 4 heteroatoms. The van der Waals surface area contributed by atoms with Crippen molar-refractivity contribution < 1.29 is 8.78 Å². The maximum absolute atomic E-state index is 14.7. The summed E-state index contributed by atoms with van der Waals surface area (Å²) in [7, 11) is 0. The Labute approximate surface area is 206 Å². The lowest BCUT2D eigenvalue weighted by Crippen LogP contribution is -1.98. The summed E-state index contributed by atoms with van der Waals surface area (Å²) in [6.07, 6.45) is 26.5. The molecule has 1 aromatic carbocycles. The molecule has 0 amide bonds. The van der Waals surface area contributed by atoms with Crippen LogP contribution in [0.1, 0.15) is 121 Å². The van der Waals surface area contributed by atoms with Crippen molar-refractivity contribution in [1.29, 1.82) is 0 Å². The minimum absolute atomic E-state index is 0.115. The second kappa shape index (κ2) is 17.4. The summed E-state index contributed by atoms with van der Waals surface area (Å²) in [5.41, 5.74) is 1.44. The molecule has 0 unspecified atom stereocenters. The average Bonchev–Trinajstić information content (AvgIpc) is 2.85. The third-order valence-corrected chi connectivity index (χ3v) is 6.40. The van der Waals surface area contributed by atoms with E-state index in [0.717, 1.165) is 31.2 Å². The lowest BCUT2D eigenvalue weighted by atomic mass is 10.1. The lowest BCUT2D eigenvalue weighted by molar-refractivity contribution is 0.509. The first kappa shape index (κ1) is 28.1. The first-order valence-corrected chi connectivity index (χ1v) is 13.6. The van der Waals surface area contributed by atoms with Gasteiger partial charge in [-0.1, -0.05) is 109 Å². The Bertz CT molecular complexity index is 830. The molecule has 0 N–H and O–H groups in total. The molecule has 0 bridgehead atoms. The van der Waals surface area contributed by atoms with E-state index in [-0.39, 0.29) is 17.0 Å². The van der Waals surface area contributed by atoms with E-state index in [1.54, 1.807) is 30.6 Å². The van der Waals surface area contributed by atoms with E-state index in [0.29, 0.717) is 0 Å². The quantitative estimate of drug-likeness (QED) is 0.203. The topological polar surface area (TPSA) is 25.8 Å². The van der Waals surface area contributed by atoms with Crippen LogP contribution in [0.5, 0.6) is 0 Å². The molecule has 2 rings (SSSR count). The first-order chi connectivity index (χ1) is 16.7. The molecule has 1 heterocycles. The number of nitrogens with zero attached hydrogens (tertiary/aromatic N) is 2. The summed E-state index contributed by atoms with van der Waals surface area (Å²) in [4.78, 5) is 8.62. The van der Waals surface area contributed by atoms with Crippen molar-refractivity contribution in [1.82, 2.24) is 9.97 Å². The fourth-order valence-corrected chi connectivity index (χ4v) is 4.20. The molecule has 2 nitrogen and oxygen atoms in total. The molecule has 0 aliphatic heterocycles. The predicted molar refractivity (Wildman–Crippen MR) is 141 cm³/mol. The van der Waals surface area contributed by atoms with Gasteiger partial charge in [0.15, 0.2) is 17.5 Å². The first-order valence-electron chi connectivity index (χ1n) is 13.6. The Balaban J connectivity index is 1.79. The van der Waals surface area contributed by atoms with Crippen molar-refractivity contribution in [3.05, 3.63) is 53.4 Å². The normalized spacial score (nSPS) is 11.5. The third-order valence-electron chi connectivity index (χ3n) is 6.40. The van der Waals surface area contributed by atoms with Gasteiger partial charge in [0.25, 0.3) is 0 Å².